The summed E-state index contributed by atoms with van der Waals surface area (Å²) in [6.07, 6.45) is 1.78. The summed E-state index contributed by atoms with van der Waals surface area (Å²) in [5, 5.41) is 22.3. The molecule has 1 fully saturated rings. The molecule has 1 aliphatic rings. The van der Waals surface area contributed by atoms with Crippen LogP contribution in [0.3, 0.4) is 0 Å². The minimum atomic E-state index is -0.414. The van der Waals surface area contributed by atoms with Gasteiger partial charge in [0.15, 0.2) is 0 Å². The molecule has 0 atom stereocenters. The molecular formula is C13H15N3O3. The fraction of sp³-hybridized carbons (Fsp3) is 0.462. The Morgan fingerprint density at radius 1 is 1.47 bits per heavy atom. The van der Waals surface area contributed by atoms with Crippen LogP contribution in [0.25, 0.3) is 0 Å². The quantitative estimate of drug-likeness (QED) is 0.511. The average Bonchev–Trinajstić information content (AvgIpc) is 2.45. The maximum Gasteiger partial charge on any atom is 0.292 e. The standard InChI is InChI=1S/C13H15N3O3/c14-5-6-15-12-2-1-11(9-13(12)16(17)18)10-3-7-19-8-4-10/h1-2,9-10,15H,3-4,6-8H2. The van der Waals surface area contributed by atoms with Crippen molar-refractivity contribution in [3.8, 4) is 6.07 Å². The third-order valence-corrected chi connectivity index (χ3v) is 3.27. The minimum Gasteiger partial charge on any atom is -0.381 e. The van der Waals surface area contributed by atoms with Gasteiger partial charge in [-0.1, -0.05) is 6.07 Å². The third kappa shape index (κ3) is 3.20. The number of benzene rings is 1. The van der Waals surface area contributed by atoms with Crippen molar-refractivity contribution in [3.05, 3.63) is 33.9 Å². The molecule has 6 nitrogen and oxygen atoms in total. The van der Waals surface area contributed by atoms with Crippen molar-refractivity contribution in [2.24, 2.45) is 0 Å². The van der Waals surface area contributed by atoms with E-state index in [1.165, 1.54) is 0 Å². The van der Waals surface area contributed by atoms with E-state index in [1.54, 1.807) is 12.1 Å². The Morgan fingerprint density at radius 2 is 2.21 bits per heavy atom. The molecule has 19 heavy (non-hydrogen) atoms. The molecule has 0 bridgehead atoms. The maximum atomic E-state index is 11.1. The van der Waals surface area contributed by atoms with Gasteiger partial charge in [0, 0.05) is 19.3 Å². The Balaban J connectivity index is 2.25. The predicted octanol–water partition coefficient (Wildman–Crippen LogP) is 2.42. The third-order valence-electron chi connectivity index (χ3n) is 3.27. The molecule has 1 aliphatic heterocycles. The number of nitriles is 1. The van der Waals surface area contributed by atoms with Crippen molar-refractivity contribution in [1.29, 1.82) is 5.26 Å². The Hall–Kier alpha value is -2.13. The smallest absolute Gasteiger partial charge is 0.292 e. The number of hydrogen-bond acceptors (Lipinski definition) is 5. The number of nitro benzene ring substituents is 1. The van der Waals surface area contributed by atoms with Gasteiger partial charge in [-0.2, -0.15) is 5.26 Å². The van der Waals surface area contributed by atoms with Gasteiger partial charge < -0.3 is 10.1 Å². The summed E-state index contributed by atoms with van der Waals surface area (Å²) in [6.45, 7) is 1.46. The fourth-order valence-electron chi connectivity index (χ4n) is 2.27. The van der Waals surface area contributed by atoms with Crippen molar-refractivity contribution in [3.63, 3.8) is 0 Å². The van der Waals surface area contributed by atoms with Gasteiger partial charge in [-0.25, -0.2) is 0 Å². The normalized spacial score (nSPS) is 15.7. The molecule has 0 amide bonds. The molecule has 1 aromatic carbocycles. The highest BCUT2D eigenvalue weighted by atomic mass is 16.6. The molecule has 0 unspecified atom stereocenters. The van der Waals surface area contributed by atoms with Crippen molar-refractivity contribution in [2.45, 2.75) is 18.8 Å². The van der Waals surface area contributed by atoms with Crippen LogP contribution in [0, 0.1) is 21.4 Å². The first kappa shape index (κ1) is 13.3. The van der Waals surface area contributed by atoms with E-state index >= 15 is 0 Å². The number of ether oxygens (including phenoxy) is 1. The van der Waals surface area contributed by atoms with Crippen LogP contribution in [0.15, 0.2) is 18.2 Å². The second kappa shape index (κ2) is 6.16. The van der Waals surface area contributed by atoms with Gasteiger partial charge in [0.25, 0.3) is 5.69 Å². The number of rotatable bonds is 4. The van der Waals surface area contributed by atoms with E-state index < -0.39 is 4.92 Å². The van der Waals surface area contributed by atoms with Crippen molar-refractivity contribution in [1.82, 2.24) is 0 Å². The highest BCUT2D eigenvalue weighted by molar-refractivity contribution is 5.63. The molecule has 6 heteroatoms. The molecule has 0 saturated carbocycles. The largest absolute Gasteiger partial charge is 0.381 e. The van der Waals surface area contributed by atoms with Gasteiger partial charge >= 0.3 is 0 Å². The number of anilines is 1. The van der Waals surface area contributed by atoms with Crippen molar-refractivity contribution >= 4 is 11.4 Å². The summed E-state index contributed by atoms with van der Waals surface area (Å²) >= 11 is 0. The molecule has 1 saturated heterocycles. The van der Waals surface area contributed by atoms with Gasteiger partial charge in [-0.3, -0.25) is 10.1 Å². The van der Waals surface area contributed by atoms with Crippen LogP contribution in [-0.2, 0) is 4.74 Å². The van der Waals surface area contributed by atoms with Crippen LogP contribution in [-0.4, -0.2) is 24.7 Å². The molecule has 1 aromatic rings. The SMILES string of the molecule is N#CCNc1ccc(C2CCOCC2)cc1[N+](=O)[O-]. The Morgan fingerprint density at radius 3 is 2.84 bits per heavy atom. The second-order valence-electron chi connectivity index (χ2n) is 4.43. The minimum absolute atomic E-state index is 0.0271. The second-order valence-corrected chi connectivity index (χ2v) is 4.43. The number of hydrogen-bond donors (Lipinski definition) is 1. The summed E-state index contributed by atoms with van der Waals surface area (Å²) in [5.74, 6) is 0.317. The lowest BCUT2D eigenvalue weighted by molar-refractivity contribution is -0.384. The van der Waals surface area contributed by atoms with Crippen LogP contribution in [0.5, 0.6) is 0 Å². The van der Waals surface area contributed by atoms with Crippen LogP contribution in [0.2, 0.25) is 0 Å². The molecule has 0 radical (unpaired) electrons. The zero-order valence-corrected chi connectivity index (χ0v) is 10.5. The molecular weight excluding hydrogens is 246 g/mol. The number of nitro groups is 1. The van der Waals surface area contributed by atoms with E-state index in [0.29, 0.717) is 24.8 Å². The monoisotopic (exact) mass is 261 g/mol. The maximum absolute atomic E-state index is 11.1. The van der Waals surface area contributed by atoms with Crippen molar-refractivity contribution < 1.29 is 9.66 Å². The van der Waals surface area contributed by atoms with E-state index in [9.17, 15) is 10.1 Å². The number of nitrogens with zero attached hydrogens (tertiary/aromatic N) is 2. The first-order chi connectivity index (χ1) is 9.22. The van der Waals surface area contributed by atoms with Crippen LogP contribution >= 0.6 is 0 Å². The molecule has 1 N–H and O–H groups in total. The zero-order chi connectivity index (χ0) is 13.7. The summed E-state index contributed by atoms with van der Waals surface area (Å²) in [7, 11) is 0. The highest BCUT2D eigenvalue weighted by Crippen LogP contribution is 2.33. The first-order valence-corrected chi connectivity index (χ1v) is 6.19. The number of nitrogens with one attached hydrogen (secondary N) is 1. The van der Waals surface area contributed by atoms with Gasteiger partial charge in [0.2, 0.25) is 0 Å². The molecule has 100 valence electrons. The summed E-state index contributed by atoms with van der Waals surface area (Å²) in [5.41, 5.74) is 1.39. The molecule has 0 aromatic heterocycles. The van der Waals surface area contributed by atoms with Gasteiger partial charge in [-0.05, 0) is 30.4 Å². The Kier molecular flexibility index (Phi) is 4.31. The fourth-order valence-corrected chi connectivity index (χ4v) is 2.27. The van der Waals surface area contributed by atoms with E-state index in [2.05, 4.69) is 5.32 Å². The van der Waals surface area contributed by atoms with Gasteiger partial charge in [-0.15, -0.1) is 0 Å². The summed E-state index contributed by atoms with van der Waals surface area (Å²) < 4.78 is 5.29. The molecule has 0 aliphatic carbocycles. The average molecular weight is 261 g/mol. The highest BCUT2D eigenvalue weighted by Gasteiger charge is 2.20. The molecule has 1 heterocycles. The van der Waals surface area contributed by atoms with E-state index in [4.69, 9.17) is 10.00 Å². The van der Waals surface area contributed by atoms with Gasteiger partial charge in [0.1, 0.15) is 12.2 Å². The summed E-state index contributed by atoms with van der Waals surface area (Å²) in [6, 6.07) is 7.09. The molecule has 2 rings (SSSR count). The van der Waals surface area contributed by atoms with Crippen LogP contribution < -0.4 is 5.32 Å². The lowest BCUT2D eigenvalue weighted by Gasteiger charge is -2.22. The van der Waals surface area contributed by atoms with Crippen LogP contribution in [0.1, 0.15) is 24.3 Å². The Labute approximate surface area is 111 Å². The van der Waals surface area contributed by atoms with Gasteiger partial charge in [0.05, 0.1) is 11.0 Å². The zero-order valence-electron chi connectivity index (χ0n) is 10.5. The molecule has 0 spiro atoms. The first-order valence-electron chi connectivity index (χ1n) is 6.19. The van der Waals surface area contributed by atoms with E-state index in [1.807, 2.05) is 12.1 Å². The predicted molar refractivity (Wildman–Crippen MR) is 70.0 cm³/mol. The van der Waals surface area contributed by atoms with E-state index in [-0.39, 0.29) is 12.2 Å². The lowest BCUT2D eigenvalue weighted by Crippen LogP contribution is -2.14. The Bertz CT molecular complexity index is 504. The van der Waals surface area contributed by atoms with E-state index in [0.717, 1.165) is 18.4 Å². The van der Waals surface area contributed by atoms with Crippen LogP contribution in [0.4, 0.5) is 11.4 Å². The topological polar surface area (TPSA) is 88.2 Å². The van der Waals surface area contributed by atoms with Crippen molar-refractivity contribution in [2.75, 3.05) is 25.1 Å². The summed E-state index contributed by atoms with van der Waals surface area (Å²) in [4.78, 5) is 10.7. The lowest BCUT2D eigenvalue weighted by atomic mass is 9.91.